The zero-order valence-electron chi connectivity index (χ0n) is 13.4. The first-order valence-corrected chi connectivity index (χ1v) is 7.52. The normalized spacial score (nSPS) is 10.4. The summed E-state index contributed by atoms with van der Waals surface area (Å²) in [5, 5.41) is 6.65. The maximum Gasteiger partial charge on any atom is 0.257 e. The first kappa shape index (κ1) is 15.7. The first-order valence-electron chi connectivity index (χ1n) is 7.52. The highest BCUT2D eigenvalue weighted by Crippen LogP contribution is 2.20. The van der Waals surface area contributed by atoms with E-state index in [1.165, 1.54) is 0 Å². The third-order valence-corrected chi connectivity index (χ3v) is 3.47. The number of benzene rings is 1. The molecule has 0 fully saturated rings. The monoisotopic (exact) mass is 323 g/mol. The van der Waals surface area contributed by atoms with Crippen molar-refractivity contribution in [3.05, 3.63) is 71.2 Å². The molecule has 0 radical (unpaired) electrons. The number of pyridine rings is 1. The number of rotatable bonds is 5. The maximum absolute atomic E-state index is 12.2. The number of aryl methyl sites for hydroxylation is 2. The predicted molar refractivity (Wildman–Crippen MR) is 87.9 cm³/mol. The van der Waals surface area contributed by atoms with E-state index in [1.54, 1.807) is 26.1 Å². The minimum Gasteiger partial charge on any atom is -0.439 e. The number of carbonyl (C=O) groups excluding carboxylic acids is 1. The van der Waals surface area contributed by atoms with Gasteiger partial charge in [-0.25, -0.2) is 4.98 Å². The average Bonchev–Trinajstić information content (AvgIpc) is 2.93. The van der Waals surface area contributed by atoms with E-state index in [0.29, 0.717) is 35.2 Å². The van der Waals surface area contributed by atoms with Crippen molar-refractivity contribution in [2.75, 3.05) is 0 Å². The summed E-state index contributed by atoms with van der Waals surface area (Å²) in [7, 11) is 0. The molecule has 2 aromatic heterocycles. The summed E-state index contributed by atoms with van der Waals surface area (Å²) in [6.07, 6.45) is 1.67. The topological polar surface area (TPSA) is 77.2 Å². The van der Waals surface area contributed by atoms with Crippen LogP contribution in [0.1, 0.15) is 27.4 Å². The van der Waals surface area contributed by atoms with Crippen LogP contribution in [0.25, 0.3) is 0 Å². The van der Waals surface area contributed by atoms with Gasteiger partial charge in [-0.3, -0.25) is 4.79 Å². The maximum atomic E-state index is 12.2. The van der Waals surface area contributed by atoms with Crippen LogP contribution in [-0.2, 0) is 6.54 Å². The molecule has 0 spiro atoms. The molecule has 0 saturated carbocycles. The molecule has 0 aliphatic heterocycles. The molecule has 3 aromatic rings. The van der Waals surface area contributed by atoms with Crippen LogP contribution in [0.15, 0.2) is 53.2 Å². The Balaban J connectivity index is 1.66. The number of nitrogens with zero attached hydrogens (tertiary/aromatic N) is 2. The van der Waals surface area contributed by atoms with Gasteiger partial charge in [0.05, 0.1) is 5.69 Å². The highest BCUT2D eigenvalue weighted by Gasteiger charge is 2.16. The second-order valence-corrected chi connectivity index (χ2v) is 5.30. The van der Waals surface area contributed by atoms with Crippen LogP contribution < -0.4 is 10.1 Å². The number of ether oxygens (including phenoxy) is 1. The number of hydrogen-bond acceptors (Lipinski definition) is 5. The Morgan fingerprint density at radius 2 is 2.08 bits per heavy atom. The standard InChI is InChI=1S/C18H17N3O3/c1-12-17(13(2)24-21-12)18(22)20-11-14-6-5-7-15(10-14)23-16-8-3-4-9-19-16/h3-10H,11H2,1-2H3,(H,20,22). The summed E-state index contributed by atoms with van der Waals surface area (Å²) >= 11 is 0. The summed E-state index contributed by atoms with van der Waals surface area (Å²) in [6, 6.07) is 13.0. The number of nitrogens with one attached hydrogen (secondary N) is 1. The summed E-state index contributed by atoms with van der Waals surface area (Å²) in [5.41, 5.74) is 1.98. The molecular weight excluding hydrogens is 306 g/mol. The second-order valence-electron chi connectivity index (χ2n) is 5.30. The minimum atomic E-state index is -0.206. The summed E-state index contributed by atoms with van der Waals surface area (Å²) in [5.74, 6) is 1.49. The highest BCUT2D eigenvalue weighted by atomic mass is 16.5. The van der Waals surface area contributed by atoms with Crippen LogP contribution in [0.4, 0.5) is 0 Å². The van der Waals surface area contributed by atoms with Crippen molar-refractivity contribution < 1.29 is 14.1 Å². The van der Waals surface area contributed by atoms with E-state index in [1.807, 2.05) is 36.4 Å². The van der Waals surface area contributed by atoms with E-state index in [9.17, 15) is 4.79 Å². The minimum absolute atomic E-state index is 0.206. The molecule has 24 heavy (non-hydrogen) atoms. The fourth-order valence-corrected chi connectivity index (χ4v) is 2.33. The van der Waals surface area contributed by atoms with E-state index in [4.69, 9.17) is 9.26 Å². The molecule has 0 aliphatic rings. The molecule has 6 nitrogen and oxygen atoms in total. The Bertz CT molecular complexity index is 824. The van der Waals surface area contributed by atoms with Gasteiger partial charge in [-0.2, -0.15) is 0 Å². The Hall–Kier alpha value is -3.15. The van der Waals surface area contributed by atoms with Crippen LogP contribution >= 0.6 is 0 Å². The van der Waals surface area contributed by atoms with Gasteiger partial charge in [-0.1, -0.05) is 23.4 Å². The fourth-order valence-electron chi connectivity index (χ4n) is 2.33. The lowest BCUT2D eigenvalue weighted by molar-refractivity contribution is 0.0949. The fraction of sp³-hybridized carbons (Fsp3) is 0.167. The molecule has 0 unspecified atom stereocenters. The van der Waals surface area contributed by atoms with Gasteiger partial charge >= 0.3 is 0 Å². The third-order valence-electron chi connectivity index (χ3n) is 3.47. The quantitative estimate of drug-likeness (QED) is 0.778. The van der Waals surface area contributed by atoms with Gasteiger partial charge in [0.25, 0.3) is 5.91 Å². The van der Waals surface area contributed by atoms with Gasteiger partial charge in [-0.15, -0.1) is 0 Å². The predicted octanol–water partition coefficient (Wildman–Crippen LogP) is 3.41. The molecule has 1 N–H and O–H groups in total. The lowest BCUT2D eigenvalue weighted by Crippen LogP contribution is -2.23. The molecule has 3 rings (SSSR count). The van der Waals surface area contributed by atoms with E-state index in [2.05, 4.69) is 15.5 Å². The van der Waals surface area contributed by atoms with Crippen LogP contribution in [-0.4, -0.2) is 16.0 Å². The molecule has 0 saturated heterocycles. The number of hydrogen-bond donors (Lipinski definition) is 1. The summed E-state index contributed by atoms with van der Waals surface area (Å²) in [4.78, 5) is 16.4. The van der Waals surface area contributed by atoms with Crippen LogP contribution in [0.2, 0.25) is 0 Å². The van der Waals surface area contributed by atoms with Crippen molar-refractivity contribution in [3.63, 3.8) is 0 Å². The Kier molecular flexibility index (Phi) is 4.56. The van der Waals surface area contributed by atoms with Gasteiger partial charge in [0, 0.05) is 18.8 Å². The van der Waals surface area contributed by atoms with E-state index in [-0.39, 0.29) is 5.91 Å². The Morgan fingerprint density at radius 1 is 1.21 bits per heavy atom. The summed E-state index contributed by atoms with van der Waals surface area (Å²) in [6.45, 7) is 3.84. The third kappa shape index (κ3) is 3.60. The smallest absolute Gasteiger partial charge is 0.257 e. The van der Waals surface area contributed by atoms with Crippen molar-refractivity contribution in [2.45, 2.75) is 20.4 Å². The second kappa shape index (κ2) is 6.95. The molecule has 2 heterocycles. The Labute approximate surface area is 139 Å². The zero-order valence-corrected chi connectivity index (χ0v) is 13.4. The van der Waals surface area contributed by atoms with Gasteiger partial charge in [0.1, 0.15) is 17.1 Å². The van der Waals surface area contributed by atoms with E-state index < -0.39 is 0 Å². The SMILES string of the molecule is Cc1noc(C)c1C(=O)NCc1cccc(Oc2ccccn2)c1. The first-order chi connectivity index (χ1) is 11.6. The molecule has 122 valence electrons. The number of aromatic nitrogens is 2. The van der Waals surface area contributed by atoms with Crippen LogP contribution in [0.3, 0.4) is 0 Å². The van der Waals surface area contributed by atoms with Crippen molar-refractivity contribution >= 4 is 5.91 Å². The largest absolute Gasteiger partial charge is 0.439 e. The van der Waals surface area contributed by atoms with Crippen molar-refractivity contribution in [3.8, 4) is 11.6 Å². The van der Waals surface area contributed by atoms with Crippen molar-refractivity contribution in [1.29, 1.82) is 0 Å². The summed E-state index contributed by atoms with van der Waals surface area (Å²) < 4.78 is 10.7. The molecule has 0 bridgehead atoms. The molecule has 1 amide bonds. The molecule has 0 aliphatic carbocycles. The molecule has 1 aromatic carbocycles. The van der Waals surface area contributed by atoms with Crippen LogP contribution in [0, 0.1) is 13.8 Å². The van der Waals surface area contributed by atoms with E-state index >= 15 is 0 Å². The Morgan fingerprint density at radius 3 is 2.79 bits per heavy atom. The number of carbonyl (C=O) groups is 1. The van der Waals surface area contributed by atoms with Crippen LogP contribution in [0.5, 0.6) is 11.6 Å². The average molecular weight is 323 g/mol. The van der Waals surface area contributed by atoms with Gasteiger partial charge in [0.15, 0.2) is 0 Å². The van der Waals surface area contributed by atoms with Gasteiger partial charge in [0.2, 0.25) is 5.88 Å². The number of amides is 1. The molecular formula is C18H17N3O3. The van der Waals surface area contributed by atoms with Gasteiger partial charge < -0.3 is 14.6 Å². The van der Waals surface area contributed by atoms with E-state index in [0.717, 1.165) is 5.56 Å². The zero-order chi connectivity index (χ0) is 16.9. The van der Waals surface area contributed by atoms with Gasteiger partial charge in [-0.05, 0) is 37.6 Å². The lowest BCUT2D eigenvalue weighted by Gasteiger charge is -2.08. The van der Waals surface area contributed by atoms with Crippen molar-refractivity contribution in [1.82, 2.24) is 15.5 Å². The highest BCUT2D eigenvalue weighted by molar-refractivity contribution is 5.96. The lowest BCUT2D eigenvalue weighted by atomic mass is 10.1. The molecule has 0 atom stereocenters. The van der Waals surface area contributed by atoms with Crippen molar-refractivity contribution in [2.24, 2.45) is 0 Å². The molecule has 6 heteroatoms.